The highest BCUT2D eigenvalue weighted by molar-refractivity contribution is 6.30. The van der Waals surface area contributed by atoms with E-state index in [-0.39, 0.29) is 11.9 Å². The smallest absolute Gasteiger partial charge is 0.244 e. The molecule has 2 unspecified atom stereocenters. The molecule has 0 spiro atoms. The van der Waals surface area contributed by atoms with Crippen molar-refractivity contribution in [1.82, 2.24) is 5.32 Å². The number of benzene rings is 1. The largest absolute Gasteiger partial charge is 0.309 e. The van der Waals surface area contributed by atoms with Gasteiger partial charge in [-0.05, 0) is 24.6 Å². The lowest BCUT2D eigenvalue weighted by Gasteiger charge is -2.47. The summed E-state index contributed by atoms with van der Waals surface area (Å²) < 4.78 is 0. The first-order valence-corrected chi connectivity index (χ1v) is 5.45. The maximum Gasteiger partial charge on any atom is 0.244 e. The number of anilines is 1. The van der Waals surface area contributed by atoms with Crippen molar-refractivity contribution >= 4 is 23.2 Å². The molecule has 3 aliphatic rings. The second-order valence-electron chi connectivity index (χ2n) is 4.08. The monoisotopic (exact) mass is 222 g/mol. The molecule has 1 N–H and O–H groups in total. The zero-order valence-corrected chi connectivity index (χ0v) is 8.87. The summed E-state index contributed by atoms with van der Waals surface area (Å²) in [6.45, 7) is 0.760. The average Bonchev–Trinajstić information content (AvgIpc) is 2.16. The van der Waals surface area contributed by atoms with Gasteiger partial charge in [0.25, 0.3) is 0 Å². The molecular weight excluding hydrogens is 212 g/mol. The number of amides is 1. The van der Waals surface area contributed by atoms with Crippen LogP contribution in [0.1, 0.15) is 6.42 Å². The van der Waals surface area contributed by atoms with E-state index in [0.29, 0.717) is 11.1 Å². The molecule has 3 nitrogen and oxygen atoms in total. The summed E-state index contributed by atoms with van der Waals surface area (Å²) in [6.07, 6.45) is 0.982. The summed E-state index contributed by atoms with van der Waals surface area (Å²) in [5.41, 5.74) is 0.906. The normalized spacial score (nSPS) is 28.9. The molecule has 2 atom stereocenters. The summed E-state index contributed by atoms with van der Waals surface area (Å²) in [4.78, 5) is 13.7. The van der Waals surface area contributed by atoms with Crippen LogP contribution >= 0.6 is 11.6 Å². The molecule has 0 aliphatic carbocycles. The Balaban J connectivity index is 1.91. The Kier molecular flexibility index (Phi) is 1.97. The summed E-state index contributed by atoms with van der Waals surface area (Å²) in [5.74, 6) is 0.166. The lowest BCUT2D eigenvalue weighted by molar-refractivity contribution is -0.125. The van der Waals surface area contributed by atoms with Crippen molar-refractivity contribution in [3.05, 3.63) is 29.3 Å². The zero-order chi connectivity index (χ0) is 10.4. The lowest BCUT2D eigenvalue weighted by Crippen LogP contribution is -2.70. The Morgan fingerprint density at radius 3 is 2.93 bits per heavy atom. The fraction of sp³-hybridized carbons (Fsp3) is 0.364. The van der Waals surface area contributed by atoms with Gasteiger partial charge in [0.2, 0.25) is 5.91 Å². The van der Waals surface area contributed by atoms with E-state index in [1.165, 1.54) is 0 Å². The van der Waals surface area contributed by atoms with Crippen LogP contribution in [0, 0.1) is 0 Å². The number of hydrogen-bond donors (Lipinski definition) is 1. The number of rotatable bonds is 1. The Labute approximate surface area is 93.0 Å². The van der Waals surface area contributed by atoms with Crippen molar-refractivity contribution in [2.75, 3.05) is 11.4 Å². The van der Waals surface area contributed by atoms with Gasteiger partial charge < -0.3 is 10.2 Å². The van der Waals surface area contributed by atoms with Crippen LogP contribution in [0.3, 0.4) is 0 Å². The minimum atomic E-state index is 0.0303. The Bertz CT molecular complexity index is 415. The topological polar surface area (TPSA) is 32.3 Å². The molecule has 3 aliphatic heterocycles. The number of carbonyl (C=O) groups is 1. The number of piperazine rings is 1. The Morgan fingerprint density at radius 1 is 1.47 bits per heavy atom. The van der Waals surface area contributed by atoms with Gasteiger partial charge in [-0.1, -0.05) is 17.7 Å². The average molecular weight is 223 g/mol. The molecule has 0 aromatic heterocycles. The van der Waals surface area contributed by atoms with Crippen LogP contribution in [-0.2, 0) is 4.79 Å². The first kappa shape index (κ1) is 9.19. The van der Waals surface area contributed by atoms with E-state index in [1.807, 2.05) is 29.2 Å². The lowest BCUT2D eigenvalue weighted by atomic mass is 9.90. The number of piperidine rings is 1. The fourth-order valence-corrected chi connectivity index (χ4v) is 2.40. The predicted molar refractivity (Wildman–Crippen MR) is 59.1 cm³/mol. The SMILES string of the molecule is O=C1C2CC(CN1c1cccc(Cl)c1)N2. The summed E-state index contributed by atoms with van der Waals surface area (Å²) in [6, 6.07) is 7.95. The molecule has 0 radical (unpaired) electrons. The van der Waals surface area contributed by atoms with Crippen LogP contribution in [0.4, 0.5) is 5.69 Å². The van der Waals surface area contributed by atoms with E-state index in [0.717, 1.165) is 18.7 Å². The zero-order valence-electron chi connectivity index (χ0n) is 8.11. The molecule has 2 bridgehead atoms. The molecule has 3 saturated heterocycles. The molecule has 0 saturated carbocycles. The van der Waals surface area contributed by atoms with Gasteiger partial charge in [0.1, 0.15) is 0 Å². The summed E-state index contributed by atoms with van der Waals surface area (Å²) in [7, 11) is 0. The van der Waals surface area contributed by atoms with E-state index < -0.39 is 0 Å². The highest BCUT2D eigenvalue weighted by atomic mass is 35.5. The van der Waals surface area contributed by atoms with Gasteiger partial charge in [0.15, 0.2) is 0 Å². The van der Waals surface area contributed by atoms with Crippen LogP contribution in [0.15, 0.2) is 24.3 Å². The third-order valence-corrected chi connectivity index (χ3v) is 3.28. The van der Waals surface area contributed by atoms with E-state index in [1.54, 1.807) is 0 Å². The van der Waals surface area contributed by atoms with E-state index in [2.05, 4.69) is 5.32 Å². The number of halogens is 1. The molecular formula is C11H11ClN2O. The molecule has 15 heavy (non-hydrogen) atoms. The number of nitrogens with zero attached hydrogens (tertiary/aromatic N) is 1. The second-order valence-corrected chi connectivity index (χ2v) is 4.52. The quantitative estimate of drug-likeness (QED) is 0.780. The molecule has 4 rings (SSSR count). The fourth-order valence-electron chi connectivity index (χ4n) is 2.22. The Hall–Kier alpha value is -1.06. The number of carbonyl (C=O) groups excluding carboxylic acids is 1. The Morgan fingerprint density at radius 2 is 2.27 bits per heavy atom. The maximum atomic E-state index is 11.9. The molecule has 1 amide bonds. The van der Waals surface area contributed by atoms with Gasteiger partial charge in [-0.2, -0.15) is 0 Å². The molecule has 4 heteroatoms. The van der Waals surface area contributed by atoms with Gasteiger partial charge in [-0.3, -0.25) is 4.79 Å². The predicted octanol–water partition coefficient (Wildman–Crippen LogP) is 1.42. The van der Waals surface area contributed by atoms with E-state index in [4.69, 9.17) is 11.6 Å². The van der Waals surface area contributed by atoms with Crippen molar-refractivity contribution in [3.63, 3.8) is 0 Å². The molecule has 3 fully saturated rings. The van der Waals surface area contributed by atoms with Crippen molar-refractivity contribution in [3.8, 4) is 0 Å². The van der Waals surface area contributed by atoms with Gasteiger partial charge >= 0.3 is 0 Å². The van der Waals surface area contributed by atoms with Gasteiger partial charge in [-0.15, -0.1) is 0 Å². The van der Waals surface area contributed by atoms with Gasteiger partial charge in [-0.25, -0.2) is 0 Å². The molecule has 3 heterocycles. The first-order valence-electron chi connectivity index (χ1n) is 5.07. The molecule has 1 aromatic rings. The minimum absolute atomic E-state index is 0.0303. The van der Waals surface area contributed by atoms with Gasteiger partial charge in [0, 0.05) is 23.3 Å². The van der Waals surface area contributed by atoms with Crippen molar-refractivity contribution in [1.29, 1.82) is 0 Å². The number of hydrogen-bond acceptors (Lipinski definition) is 2. The maximum absolute atomic E-state index is 11.9. The summed E-state index contributed by atoms with van der Waals surface area (Å²) >= 11 is 5.91. The molecule has 1 aromatic carbocycles. The summed E-state index contributed by atoms with van der Waals surface area (Å²) in [5, 5.41) is 3.89. The standard InChI is InChI=1S/C11H11ClN2O/c12-7-2-1-3-9(4-7)14-6-8-5-10(13-8)11(14)15/h1-4,8,10,13H,5-6H2. The minimum Gasteiger partial charge on any atom is -0.309 e. The number of fused-ring (bicyclic) bond motifs is 2. The van der Waals surface area contributed by atoms with E-state index >= 15 is 0 Å². The van der Waals surface area contributed by atoms with Crippen LogP contribution in [0.25, 0.3) is 0 Å². The van der Waals surface area contributed by atoms with Crippen molar-refractivity contribution in [2.24, 2.45) is 0 Å². The van der Waals surface area contributed by atoms with Gasteiger partial charge in [0.05, 0.1) is 6.04 Å². The third-order valence-electron chi connectivity index (χ3n) is 3.04. The van der Waals surface area contributed by atoms with Crippen LogP contribution in [0.5, 0.6) is 0 Å². The van der Waals surface area contributed by atoms with Crippen molar-refractivity contribution < 1.29 is 4.79 Å². The second kappa shape index (κ2) is 3.22. The highest BCUT2D eigenvalue weighted by Crippen LogP contribution is 2.28. The highest BCUT2D eigenvalue weighted by Gasteiger charge is 2.43. The first-order chi connectivity index (χ1) is 7.24. The van der Waals surface area contributed by atoms with E-state index in [9.17, 15) is 4.79 Å². The third kappa shape index (κ3) is 1.43. The van der Waals surface area contributed by atoms with Crippen LogP contribution in [0.2, 0.25) is 5.02 Å². The van der Waals surface area contributed by atoms with Crippen LogP contribution in [-0.4, -0.2) is 24.5 Å². The van der Waals surface area contributed by atoms with Crippen LogP contribution < -0.4 is 10.2 Å². The molecule has 78 valence electrons. The number of nitrogens with one attached hydrogen (secondary N) is 1. The van der Waals surface area contributed by atoms with Crippen molar-refractivity contribution in [2.45, 2.75) is 18.5 Å².